The van der Waals surface area contributed by atoms with Crippen molar-refractivity contribution in [1.29, 1.82) is 0 Å². The van der Waals surface area contributed by atoms with Gasteiger partial charge in [-0.25, -0.2) is 9.18 Å². The molecule has 1 aromatic carbocycles. The summed E-state index contributed by atoms with van der Waals surface area (Å²) >= 11 is 0. The molecule has 2 aliphatic heterocycles. The highest BCUT2D eigenvalue weighted by Crippen LogP contribution is 2.28. The standard InChI is InChI=1S/C17H19FN2O5/c1-10-6-12(2-3-13(10)18)20-8-11(7-15(20)21)16(22)19-4-5-25-14(9-19)17(23)24/h2-3,6,11,14H,4-5,7-9H2,1H3,(H,23,24). The van der Waals surface area contributed by atoms with Crippen molar-refractivity contribution in [3.63, 3.8) is 0 Å². The quantitative estimate of drug-likeness (QED) is 0.871. The van der Waals surface area contributed by atoms with Gasteiger partial charge in [-0.3, -0.25) is 9.59 Å². The lowest BCUT2D eigenvalue weighted by Gasteiger charge is -2.32. The van der Waals surface area contributed by atoms with Crippen LogP contribution in [0.5, 0.6) is 0 Å². The van der Waals surface area contributed by atoms with E-state index in [-0.39, 0.29) is 43.7 Å². The van der Waals surface area contributed by atoms with Crippen molar-refractivity contribution in [3.05, 3.63) is 29.6 Å². The summed E-state index contributed by atoms with van der Waals surface area (Å²) in [4.78, 5) is 38.9. The smallest absolute Gasteiger partial charge is 0.334 e. The molecule has 0 aromatic heterocycles. The van der Waals surface area contributed by atoms with E-state index in [1.807, 2.05) is 0 Å². The molecular formula is C17H19FN2O5. The second-order valence-electron chi connectivity index (χ2n) is 6.32. The molecule has 8 heteroatoms. The molecule has 0 radical (unpaired) electrons. The van der Waals surface area contributed by atoms with Gasteiger partial charge in [-0.2, -0.15) is 0 Å². The number of hydrogen-bond donors (Lipinski definition) is 1. The SMILES string of the molecule is Cc1cc(N2CC(C(=O)N3CCOC(C(=O)O)C3)CC2=O)ccc1F. The van der Waals surface area contributed by atoms with Crippen molar-refractivity contribution in [2.45, 2.75) is 19.4 Å². The maximum atomic E-state index is 13.4. The van der Waals surface area contributed by atoms with E-state index in [9.17, 15) is 18.8 Å². The molecule has 2 heterocycles. The minimum absolute atomic E-state index is 0.0193. The van der Waals surface area contributed by atoms with Crippen LogP contribution in [0.15, 0.2) is 18.2 Å². The van der Waals surface area contributed by atoms with Crippen molar-refractivity contribution < 1.29 is 28.6 Å². The van der Waals surface area contributed by atoms with Crippen LogP contribution in [0, 0.1) is 18.7 Å². The molecule has 0 aliphatic carbocycles. The number of benzene rings is 1. The summed E-state index contributed by atoms with van der Waals surface area (Å²) in [7, 11) is 0. The van der Waals surface area contributed by atoms with E-state index in [0.29, 0.717) is 17.8 Å². The number of morpholine rings is 1. The fourth-order valence-corrected chi connectivity index (χ4v) is 3.18. The van der Waals surface area contributed by atoms with Gasteiger partial charge in [0, 0.05) is 25.2 Å². The number of ether oxygens (including phenoxy) is 1. The van der Waals surface area contributed by atoms with E-state index in [4.69, 9.17) is 9.84 Å². The van der Waals surface area contributed by atoms with Crippen LogP contribution in [-0.4, -0.2) is 60.1 Å². The van der Waals surface area contributed by atoms with Crippen molar-refractivity contribution in [1.82, 2.24) is 4.90 Å². The summed E-state index contributed by atoms with van der Waals surface area (Å²) in [5.74, 6) is -2.44. The Hall–Kier alpha value is -2.48. The minimum atomic E-state index is -1.11. The first kappa shape index (κ1) is 17.3. The Morgan fingerprint density at radius 3 is 2.76 bits per heavy atom. The predicted octanol–water partition coefficient (Wildman–Crippen LogP) is 0.799. The van der Waals surface area contributed by atoms with Crippen LogP contribution < -0.4 is 4.90 Å². The molecule has 3 rings (SSSR count). The number of nitrogens with zero attached hydrogens (tertiary/aromatic N) is 2. The van der Waals surface area contributed by atoms with Crippen LogP contribution in [0.1, 0.15) is 12.0 Å². The Balaban J connectivity index is 1.70. The van der Waals surface area contributed by atoms with Crippen molar-refractivity contribution in [2.24, 2.45) is 5.92 Å². The summed E-state index contributed by atoms with van der Waals surface area (Å²) < 4.78 is 18.5. The van der Waals surface area contributed by atoms with Gasteiger partial charge in [-0.15, -0.1) is 0 Å². The van der Waals surface area contributed by atoms with Crippen LogP contribution in [0.4, 0.5) is 10.1 Å². The van der Waals surface area contributed by atoms with E-state index >= 15 is 0 Å². The molecule has 0 spiro atoms. The van der Waals surface area contributed by atoms with Crippen LogP contribution >= 0.6 is 0 Å². The van der Waals surface area contributed by atoms with Gasteiger partial charge in [0.05, 0.1) is 19.1 Å². The Kier molecular flexibility index (Phi) is 4.71. The van der Waals surface area contributed by atoms with Gasteiger partial charge >= 0.3 is 5.97 Å². The van der Waals surface area contributed by atoms with E-state index < -0.39 is 18.0 Å². The van der Waals surface area contributed by atoms with E-state index in [1.165, 1.54) is 21.9 Å². The summed E-state index contributed by atoms with van der Waals surface area (Å²) in [5.41, 5.74) is 0.988. The number of aryl methyl sites for hydroxylation is 1. The van der Waals surface area contributed by atoms with Crippen molar-refractivity contribution >= 4 is 23.5 Å². The first-order valence-corrected chi connectivity index (χ1v) is 8.06. The molecule has 134 valence electrons. The summed E-state index contributed by atoms with van der Waals surface area (Å²) in [6.45, 7) is 2.27. The number of carbonyl (C=O) groups excluding carboxylic acids is 2. The molecule has 2 unspecified atom stereocenters. The first-order chi connectivity index (χ1) is 11.9. The predicted molar refractivity (Wildman–Crippen MR) is 85.6 cm³/mol. The van der Waals surface area contributed by atoms with Crippen LogP contribution in [0.25, 0.3) is 0 Å². The zero-order chi connectivity index (χ0) is 18.1. The van der Waals surface area contributed by atoms with Crippen molar-refractivity contribution in [3.8, 4) is 0 Å². The molecule has 1 aromatic rings. The molecule has 2 atom stereocenters. The third-order valence-electron chi connectivity index (χ3n) is 4.58. The minimum Gasteiger partial charge on any atom is -0.479 e. The van der Waals surface area contributed by atoms with E-state index in [0.717, 1.165) is 0 Å². The average Bonchev–Trinajstić information content (AvgIpc) is 2.98. The monoisotopic (exact) mass is 350 g/mol. The molecule has 0 bridgehead atoms. The van der Waals surface area contributed by atoms with Gasteiger partial charge < -0.3 is 19.6 Å². The molecule has 2 aliphatic rings. The Bertz CT molecular complexity index is 723. The molecule has 2 fully saturated rings. The second kappa shape index (κ2) is 6.79. The van der Waals surface area contributed by atoms with E-state index in [1.54, 1.807) is 13.0 Å². The van der Waals surface area contributed by atoms with Gasteiger partial charge in [0.2, 0.25) is 11.8 Å². The number of carbonyl (C=O) groups is 3. The molecule has 1 N–H and O–H groups in total. The average molecular weight is 350 g/mol. The van der Waals surface area contributed by atoms with Crippen LogP contribution in [0.2, 0.25) is 0 Å². The first-order valence-electron chi connectivity index (χ1n) is 8.06. The largest absolute Gasteiger partial charge is 0.479 e. The highest BCUT2D eigenvalue weighted by atomic mass is 19.1. The molecule has 2 saturated heterocycles. The van der Waals surface area contributed by atoms with Gasteiger partial charge in [-0.05, 0) is 30.7 Å². The lowest BCUT2D eigenvalue weighted by Crippen LogP contribution is -2.50. The molecular weight excluding hydrogens is 331 g/mol. The fourth-order valence-electron chi connectivity index (χ4n) is 3.18. The molecule has 7 nitrogen and oxygen atoms in total. The van der Waals surface area contributed by atoms with Gasteiger partial charge in [0.25, 0.3) is 0 Å². The molecule has 0 saturated carbocycles. The lowest BCUT2D eigenvalue weighted by atomic mass is 10.1. The zero-order valence-corrected chi connectivity index (χ0v) is 13.8. The van der Waals surface area contributed by atoms with Crippen LogP contribution in [0.3, 0.4) is 0 Å². The van der Waals surface area contributed by atoms with Gasteiger partial charge in [0.1, 0.15) is 5.82 Å². The Morgan fingerprint density at radius 2 is 2.08 bits per heavy atom. The maximum Gasteiger partial charge on any atom is 0.334 e. The number of carboxylic acid groups (broad SMARTS) is 1. The fraction of sp³-hybridized carbons (Fsp3) is 0.471. The summed E-state index contributed by atoms with van der Waals surface area (Å²) in [6, 6.07) is 4.39. The maximum absolute atomic E-state index is 13.4. The number of halogens is 1. The van der Waals surface area contributed by atoms with Crippen LogP contribution in [-0.2, 0) is 19.1 Å². The number of anilines is 1. The third-order valence-corrected chi connectivity index (χ3v) is 4.58. The highest BCUT2D eigenvalue weighted by molar-refractivity contribution is 6.00. The number of carboxylic acids is 1. The van der Waals surface area contributed by atoms with E-state index in [2.05, 4.69) is 0 Å². The lowest BCUT2D eigenvalue weighted by molar-refractivity contribution is -0.160. The third kappa shape index (κ3) is 3.48. The van der Waals surface area contributed by atoms with Gasteiger partial charge in [0.15, 0.2) is 6.10 Å². The summed E-state index contributed by atoms with van der Waals surface area (Å²) in [5, 5.41) is 9.03. The summed E-state index contributed by atoms with van der Waals surface area (Å²) in [6.07, 6.45) is -0.977. The number of rotatable bonds is 3. The second-order valence-corrected chi connectivity index (χ2v) is 6.32. The number of aliphatic carboxylic acids is 1. The highest BCUT2D eigenvalue weighted by Gasteiger charge is 2.39. The number of hydrogen-bond acceptors (Lipinski definition) is 4. The number of amides is 2. The topological polar surface area (TPSA) is 87.2 Å². The van der Waals surface area contributed by atoms with Crippen molar-refractivity contribution in [2.75, 3.05) is 31.1 Å². The molecule has 2 amide bonds. The Labute approximate surface area is 144 Å². The normalized spacial score (nSPS) is 23.8. The van der Waals surface area contributed by atoms with Gasteiger partial charge in [-0.1, -0.05) is 0 Å². The molecule has 25 heavy (non-hydrogen) atoms. The zero-order valence-electron chi connectivity index (χ0n) is 13.8. The Morgan fingerprint density at radius 1 is 1.32 bits per heavy atom.